The van der Waals surface area contributed by atoms with Crippen molar-refractivity contribution in [2.45, 2.75) is 45.7 Å². The molecule has 0 bridgehead atoms. The average molecular weight is 214 g/mol. The van der Waals surface area contributed by atoms with E-state index >= 15 is 0 Å². The number of nitrogens with one attached hydrogen (secondary N) is 1. The largest absolute Gasteiger partial charge is 0.394 e. The van der Waals surface area contributed by atoms with E-state index in [1.54, 1.807) is 4.90 Å². The van der Waals surface area contributed by atoms with Crippen LogP contribution in [0.15, 0.2) is 0 Å². The fourth-order valence-corrected chi connectivity index (χ4v) is 1.74. The van der Waals surface area contributed by atoms with Crippen LogP contribution in [0.3, 0.4) is 0 Å². The summed E-state index contributed by atoms with van der Waals surface area (Å²) in [4.78, 5) is 13.6. The summed E-state index contributed by atoms with van der Waals surface area (Å²) in [5, 5.41) is 12.1. The first-order valence-electron chi connectivity index (χ1n) is 5.74. The number of carbonyl (C=O) groups is 1. The molecule has 1 heterocycles. The summed E-state index contributed by atoms with van der Waals surface area (Å²) >= 11 is 0. The van der Waals surface area contributed by atoms with E-state index < -0.39 is 0 Å². The smallest absolute Gasteiger partial charge is 0.317 e. The average Bonchev–Trinajstić information content (AvgIpc) is 2.64. The van der Waals surface area contributed by atoms with Gasteiger partial charge in [0.1, 0.15) is 0 Å². The van der Waals surface area contributed by atoms with Crippen molar-refractivity contribution in [3.8, 4) is 0 Å². The second-order valence-electron chi connectivity index (χ2n) is 4.65. The topological polar surface area (TPSA) is 52.6 Å². The zero-order valence-electron chi connectivity index (χ0n) is 9.86. The number of aliphatic hydroxyl groups is 1. The molecular weight excluding hydrogens is 192 g/mol. The maximum Gasteiger partial charge on any atom is 0.317 e. The van der Waals surface area contributed by atoms with Crippen LogP contribution in [0.5, 0.6) is 0 Å². The van der Waals surface area contributed by atoms with Gasteiger partial charge >= 0.3 is 6.03 Å². The number of nitrogens with zero attached hydrogens (tertiary/aromatic N) is 1. The third kappa shape index (κ3) is 3.09. The van der Waals surface area contributed by atoms with Crippen molar-refractivity contribution in [1.29, 1.82) is 0 Å². The van der Waals surface area contributed by atoms with Crippen LogP contribution in [0.25, 0.3) is 0 Å². The summed E-state index contributed by atoms with van der Waals surface area (Å²) in [6.45, 7) is 7.01. The van der Waals surface area contributed by atoms with Gasteiger partial charge in [-0.2, -0.15) is 0 Å². The van der Waals surface area contributed by atoms with E-state index in [0.717, 1.165) is 19.4 Å². The molecule has 0 aromatic carbocycles. The number of likely N-dealkylation sites (tertiary alicyclic amines) is 1. The van der Waals surface area contributed by atoms with E-state index in [-0.39, 0.29) is 24.7 Å². The first kappa shape index (κ1) is 12.3. The van der Waals surface area contributed by atoms with Gasteiger partial charge in [-0.05, 0) is 25.7 Å². The Balaban J connectivity index is 2.46. The van der Waals surface area contributed by atoms with Crippen LogP contribution in [-0.4, -0.2) is 41.3 Å². The highest BCUT2D eigenvalue weighted by atomic mass is 16.3. The van der Waals surface area contributed by atoms with Crippen LogP contribution in [0.1, 0.15) is 33.6 Å². The number of carbonyl (C=O) groups excluding carboxylic acids is 1. The summed E-state index contributed by atoms with van der Waals surface area (Å²) in [6, 6.07) is 0.162. The Hall–Kier alpha value is -0.770. The van der Waals surface area contributed by atoms with Gasteiger partial charge in [-0.3, -0.25) is 0 Å². The van der Waals surface area contributed by atoms with Crippen LogP contribution >= 0.6 is 0 Å². The van der Waals surface area contributed by atoms with E-state index in [0.29, 0.717) is 5.92 Å². The molecule has 1 aliphatic rings. The molecule has 2 atom stereocenters. The van der Waals surface area contributed by atoms with Gasteiger partial charge in [0, 0.05) is 12.6 Å². The highest BCUT2D eigenvalue weighted by molar-refractivity contribution is 5.75. The van der Waals surface area contributed by atoms with E-state index in [9.17, 15) is 4.79 Å². The fourth-order valence-electron chi connectivity index (χ4n) is 1.74. The predicted octanol–water partition coefficient (Wildman–Crippen LogP) is 1.20. The van der Waals surface area contributed by atoms with E-state index in [4.69, 9.17) is 5.11 Å². The number of hydrogen-bond donors (Lipinski definition) is 2. The minimum absolute atomic E-state index is 0.0179. The molecule has 2 N–H and O–H groups in total. The second-order valence-corrected chi connectivity index (χ2v) is 4.65. The van der Waals surface area contributed by atoms with Gasteiger partial charge in [-0.25, -0.2) is 4.79 Å². The number of urea groups is 1. The molecule has 15 heavy (non-hydrogen) atoms. The summed E-state index contributed by atoms with van der Waals surface area (Å²) in [7, 11) is 0. The molecule has 0 spiro atoms. The molecule has 88 valence electrons. The maximum atomic E-state index is 11.8. The molecule has 0 aromatic heterocycles. The number of amides is 2. The van der Waals surface area contributed by atoms with Gasteiger partial charge in [0.15, 0.2) is 0 Å². The van der Waals surface area contributed by atoms with Crippen molar-refractivity contribution in [1.82, 2.24) is 10.2 Å². The summed E-state index contributed by atoms with van der Waals surface area (Å²) in [5.41, 5.74) is 0. The zero-order chi connectivity index (χ0) is 11.4. The van der Waals surface area contributed by atoms with E-state index in [1.165, 1.54) is 0 Å². The molecule has 0 aromatic rings. The third-order valence-electron chi connectivity index (χ3n) is 3.20. The van der Waals surface area contributed by atoms with E-state index in [1.807, 2.05) is 6.92 Å². The number of hydrogen-bond acceptors (Lipinski definition) is 2. The molecule has 1 fully saturated rings. The lowest BCUT2D eigenvalue weighted by atomic mass is 10.1. The molecule has 2 amide bonds. The summed E-state index contributed by atoms with van der Waals surface area (Å²) in [6.07, 6.45) is 1.91. The highest BCUT2D eigenvalue weighted by Gasteiger charge is 2.28. The predicted molar refractivity (Wildman–Crippen MR) is 59.6 cm³/mol. The summed E-state index contributed by atoms with van der Waals surface area (Å²) in [5.74, 6) is 0.434. The van der Waals surface area contributed by atoms with Crippen LogP contribution in [0.4, 0.5) is 4.79 Å². The first-order valence-corrected chi connectivity index (χ1v) is 5.74. The Morgan fingerprint density at radius 1 is 1.53 bits per heavy atom. The Bertz CT molecular complexity index is 219. The van der Waals surface area contributed by atoms with Crippen LogP contribution in [0, 0.1) is 5.92 Å². The maximum absolute atomic E-state index is 11.8. The molecule has 0 saturated carbocycles. The lowest BCUT2D eigenvalue weighted by molar-refractivity contribution is 0.153. The van der Waals surface area contributed by atoms with Crippen LogP contribution in [0.2, 0.25) is 0 Å². The van der Waals surface area contributed by atoms with Crippen molar-refractivity contribution in [3.05, 3.63) is 0 Å². The normalized spacial score (nSPS) is 23.3. The van der Waals surface area contributed by atoms with Gasteiger partial charge in [-0.15, -0.1) is 0 Å². The van der Waals surface area contributed by atoms with Gasteiger partial charge in [0.25, 0.3) is 0 Å². The molecule has 1 rings (SSSR count). The molecular formula is C11H22N2O2. The fraction of sp³-hybridized carbons (Fsp3) is 0.909. The van der Waals surface area contributed by atoms with Crippen molar-refractivity contribution in [2.75, 3.05) is 13.2 Å². The monoisotopic (exact) mass is 214 g/mol. The third-order valence-corrected chi connectivity index (χ3v) is 3.20. The molecule has 2 unspecified atom stereocenters. The Morgan fingerprint density at radius 2 is 2.20 bits per heavy atom. The number of aliphatic hydroxyl groups excluding tert-OH is 1. The van der Waals surface area contributed by atoms with Gasteiger partial charge in [-0.1, -0.05) is 13.8 Å². The SMILES string of the molecule is CC(C)C(C)NC(=O)N1CCCC1CO. The molecule has 0 aliphatic carbocycles. The van der Waals surface area contributed by atoms with Gasteiger partial charge in [0.2, 0.25) is 0 Å². The lowest BCUT2D eigenvalue weighted by Crippen LogP contribution is -2.48. The first-order chi connectivity index (χ1) is 7.06. The Labute approximate surface area is 91.6 Å². The van der Waals surface area contributed by atoms with Gasteiger partial charge < -0.3 is 15.3 Å². The molecule has 4 nitrogen and oxygen atoms in total. The van der Waals surface area contributed by atoms with Crippen LogP contribution < -0.4 is 5.32 Å². The minimum Gasteiger partial charge on any atom is -0.394 e. The summed E-state index contributed by atoms with van der Waals surface area (Å²) < 4.78 is 0. The highest BCUT2D eigenvalue weighted by Crippen LogP contribution is 2.16. The Morgan fingerprint density at radius 3 is 2.73 bits per heavy atom. The van der Waals surface area contributed by atoms with E-state index in [2.05, 4.69) is 19.2 Å². The molecule has 4 heteroatoms. The van der Waals surface area contributed by atoms with Gasteiger partial charge in [0.05, 0.1) is 12.6 Å². The standard InChI is InChI=1S/C11H22N2O2/c1-8(2)9(3)12-11(15)13-6-4-5-10(13)7-14/h8-10,14H,4-7H2,1-3H3,(H,12,15). The number of rotatable bonds is 3. The minimum atomic E-state index is -0.0345. The quantitative estimate of drug-likeness (QED) is 0.741. The van der Waals surface area contributed by atoms with Crippen molar-refractivity contribution in [2.24, 2.45) is 5.92 Å². The Kier molecular flexibility index (Phi) is 4.39. The molecule has 0 radical (unpaired) electrons. The van der Waals surface area contributed by atoms with Crippen molar-refractivity contribution < 1.29 is 9.90 Å². The van der Waals surface area contributed by atoms with Crippen LogP contribution in [-0.2, 0) is 0 Å². The van der Waals surface area contributed by atoms with Crippen molar-refractivity contribution >= 4 is 6.03 Å². The molecule has 1 aliphatic heterocycles. The molecule has 1 saturated heterocycles. The lowest BCUT2D eigenvalue weighted by Gasteiger charge is -2.26. The zero-order valence-corrected chi connectivity index (χ0v) is 9.86. The second kappa shape index (κ2) is 5.35. The van der Waals surface area contributed by atoms with Crippen molar-refractivity contribution in [3.63, 3.8) is 0 Å².